The van der Waals surface area contributed by atoms with Crippen molar-refractivity contribution in [2.45, 2.75) is 19.5 Å². The Hall–Kier alpha value is -1.59. The summed E-state index contributed by atoms with van der Waals surface area (Å²) in [4.78, 5) is 17.6. The number of nitrogens with one attached hydrogen (secondary N) is 2. The number of hydrogen-bond donors (Lipinski definition) is 2. The van der Waals surface area contributed by atoms with Crippen molar-refractivity contribution in [2.75, 3.05) is 26.2 Å². The smallest absolute Gasteiger partial charge is 0.314 e. The van der Waals surface area contributed by atoms with Crippen molar-refractivity contribution in [3.8, 4) is 0 Å². The van der Waals surface area contributed by atoms with Crippen LogP contribution in [0.15, 0.2) is 29.1 Å². The lowest BCUT2D eigenvalue weighted by molar-refractivity contribution is 0.118. The molecule has 0 aliphatic carbocycles. The fourth-order valence-corrected chi connectivity index (χ4v) is 2.95. The number of nitrogens with zero attached hydrogens (tertiary/aromatic N) is 2. The molecule has 5 nitrogen and oxygen atoms in total. The van der Waals surface area contributed by atoms with Crippen molar-refractivity contribution in [1.29, 1.82) is 0 Å². The normalized spacial score (nSPS) is 18.8. The maximum absolute atomic E-state index is 12.2. The number of H-pyrrole nitrogens is 1. The van der Waals surface area contributed by atoms with Crippen LogP contribution in [0.2, 0.25) is 0 Å². The van der Waals surface area contributed by atoms with Crippen LogP contribution in [0.4, 0.5) is 0 Å². The van der Waals surface area contributed by atoms with E-state index in [1.165, 1.54) is 0 Å². The maximum Gasteiger partial charge on any atom is 0.327 e. The summed E-state index contributed by atoms with van der Waals surface area (Å²) < 4.78 is 1.90. The van der Waals surface area contributed by atoms with Gasteiger partial charge in [-0.1, -0.05) is 19.1 Å². The van der Waals surface area contributed by atoms with Gasteiger partial charge in [0.2, 0.25) is 0 Å². The third kappa shape index (κ3) is 2.19. The van der Waals surface area contributed by atoms with E-state index in [-0.39, 0.29) is 11.9 Å². The number of rotatable bonds is 3. The molecule has 2 heterocycles. The monoisotopic (exact) mass is 260 g/mol. The summed E-state index contributed by atoms with van der Waals surface area (Å²) in [6, 6.07) is 7.90. The maximum atomic E-state index is 12.2. The van der Waals surface area contributed by atoms with Gasteiger partial charge < -0.3 is 10.3 Å². The number of aromatic nitrogens is 2. The lowest BCUT2D eigenvalue weighted by atomic mass is 10.2. The van der Waals surface area contributed by atoms with Gasteiger partial charge >= 0.3 is 5.69 Å². The summed E-state index contributed by atoms with van der Waals surface area (Å²) in [5.74, 6) is 0. The van der Waals surface area contributed by atoms with Gasteiger partial charge in [-0.3, -0.25) is 9.47 Å². The lowest BCUT2D eigenvalue weighted by Crippen LogP contribution is -2.47. The second-order valence-electron chi connectivity index (χ2n) is 4.99. The van der Waals surface area contributed by atoms with Crippen LogP contribution in [0, 0.1) is 0 Å². The largest absolute Gasteiger partial charge is 0.327 e. The Morgan fingerprint density at radius 3 is 2.74 bits per heavy atom. The molecule has 5 heteroatoms. The molecule has 0 amide bonds. The van der Waals surface area contributed by atoms with E-state index in [0.29, 0.717) is 0 Å². The molecule has 0 radical (unpaired) electrons. The third-order valence-corrected chi connectivity index (χ3v) is 3.86. The number of piperazine rings is 1. The molecule has 1 aliphatic rings. The van der Waals surface area contributed by atoms with Crippen LogP contribution in [0.1, 0.15) is 19.5 Å². The molecular weight excluding hydrogens is 240 g/mol. The average Bonchev–Trinajstić information content (AvgIpc) is 2.78. The molecule has 0 spiro atoms. The Morgan fingerprint density at radius 2 is 2.00 bits per heavy atom. The lowest BCUT2D eigenvalue weighted by Gasteiger charge is -2.34. The molecular formula is C14H20N4O. The van der Waals surface area contributed by atoms with Crippen molar-refractivity contribution in [3.05, 3.63) is 34.7 Å². The van der Waals surface area contributed by atoms with Crippen molar-refractivity contribution in [3.63, 3.8) is 0 Å². The van der Waals surface area contributed by atoms with E-state index in [4.69, 9.17) is 0 Å². The fourth-order valence-electron chi connectivity index (χ4n) is 2.95. The van der Waals surface area contributed by atoms with Crippen molar-refractivity contribution < 1.29 is 0 Å². The highest BCUT2D eigenvalue weighted by atomic mass is 16.1. The highest BCUT2D eigenvalue weighted by Crippen LogP contribution is 2.21. The van der Waals surface area contributed by atoms with Gasteiger partial charge in [-0.15, -0.1) is 0 Å². The molecule has 0 bridgehead atoms. The minimum atomic E-state index is -0.00779. The zero-order valence-electron chi connectivity index (χ0n) is 11.2. The SMILES string of the molecule is CCC(N1CCNCC1)n1c(=O)[nH]c2ccccc21. The fraction of sp³-hybridized carbons (Fsp3) is 0.500. The Bertz CT molecular complexity index is 609. The van der Waals surface area contributed by atoms with Gasteiger partial charge in [0.1, 0.15) is 0 Å². The topological polar surface area (TPSA) is 53.1 Å². The van der Waals surface area contributed by atoms with Gasteiger partial charge in [0.05, 0.1) is 17.2 Å². The standard InChI is InChI=1S/C14H20N4O/c1-2-13(17-9-7-15-8-10-17)18-12-6-4-3-5-11(12)16-14(18)19/h3-6,13,15H,2,7-10H2,1H3,(H,16,19). The molecule has 1 unspecified atom stereocenters. The van der Waals surface area contributed by atoms with Crippen LogP contribution < -0.4 is 11.0 Å². The van der Waals surface area contributed by atoms with E-state index in [1.54, 1.807) is 0 Å². The van der Waals surface area contributed by atoms with E-state index >= 15 is 0 Å². The van der Waals surface area contributed by atoms with Gasteiger partial charge in [0.25, 0.3) is 0 Å². The van der Waals surface area contributed by atoms with Gasteiger partial charge in [-0.2, -0.15) is 0 Å². The molecule has 1 aromatic heterocycles. The summed E-state index contributed by atoms with van der Waals surface area (Å²) in [6.07, 6.45) is 1.08. The molecule has 1 saturated heterocycles. The Morgan fingerprint density at radius 1 is 1.26 bits per heavy atom. The van der Waals surface area contributed by atoms with E-state index < -0.39 is 0 Å². The first-order chi connectivity index (χ1) is 9.31. The van der Waals surface area contributed by atoms with E-state index in [9.17, 15) is 4.79 Å². The molecule has 1 fully saturated rings. The minimum Gasteiger partial charge on any atom is -0.314 e. The average molecular weight is 260 g/mol. The highest BCUT2D eigenvalue weighted by molar-refractivity contribution is 5.75. The van der Waals surface area contributed by atoms with Crippen LogP contribution in [0.3, 0.4) is 0 Å². The number of hydrogen-bond acceptors (Lipinski definition) is 3. The molecule has 2 aromatic rings. The first-order valence-corrected chi connectivity index (χ1v) is 6.95. The number of fused-ring (bicyclic) bond motifs is 1. The number of imidazole rings is 1. The van der Waals surface area contributed by atoms with E-state index in [1.807, 2.05) is 28.8 Å². The Labute approximate surface area is 112 Å². The summed E-state index contributed by atoms with van der Waals surface area (Å²) in [5, 5.41) is 3.35. The highest BCUT2D eigenvalue weighted by Gasteiger charge is 2.23. The molecule has 19 heavy (non-hydrogen) atoms. The zero-order chi connectivity index (χ0) is 13.2. The van der Waals surface area contributed by atoms with Crippen molar-refractivity contribution in [2.24, 2.45) is 0 Å². The summed E-state index contributed by atoms with van der Waals surface area (Å²) in [6.45, 7) is 6.11. The van der Waals surface area contributed by atoms with Crippen LogP contribution in [0.25, 0.3) is 11.0 Å². The van der Waals surface area contributed by atoms with Gasteiger partial charge in [-0.05, 0) is 18.6 Å². The Kier molecular flexibility index (Phi) is 3.40. The second kappa shape index (κ2) is 5.19. The minimum absolute atomic E-state index is 0.00779. The second-order valence-corrected chi connectivity index (χ2v) is 4.99. The summed E-state index contributed by atoms with van der Waals surface area (Å²) in [7, 11) is 0. The molecule has 102 valence electrons. The van der Waals surface area contributed by atoms with Crippen LogP contribution in [0.5, 0.6) is 0 Å². The predicted molar refractivity (Wildman–Crippen MR) is 76.3 cm³/mol. The summed E-state index contributed by atoms with van der Waals surface area (Å²) >= 11 is 0. The molecule has 2 N–H and O–H groups in total. The molecule has 1 aromatic carbocycles. The quantitative estimate of drug-likeness (QED) is 0.870. The number of benzene rings is 1. The van der Waals surface area contributed by atoms with Crippen LogP contribution in [-0.4, -0.2) is 40.6 Å². The third-order valence-electron chi connectivity index (χ3n) is 3.86. The molecule has 1 atom stereocenters. The predicted octanol–water partition coefficient (Wildman–Crippen LogP) is 1.14. The number of para-hydroxylation sites is 2. The van der Waals surface area contributed by atoms with Crippen LogP contribution in [-0.2, 0) is 0 Å². The Balaban J connectivity index is 2.05. The van der Waals surface area contributed by atoms with Crippen molar-refractivity contribution in [1.82, 2.24) is 19.8 Å². The molecule has 3 rings (SSSR count). The first kappa shape index (κ1) is 12.4. The molecule has 1 aliphatic heterocycles. The zero-order valence-corrected chi connectivity index (χ0v) is 11.2. The van der Waals surface area contributed by atoms with Gasteiger partial charge in [0.15, 0.2) is 0 Å². The van der Waals surface area contributed by atoms with Gasteiger partial charge in [-0.25, -0.2) is 4.79 Å². The summed E-state index contributed by atoms with van der Waals surface area (Å²) in [5.41, 5.74) is 1.91. The van der Waals surface area contributed by atoms with E-state index in [2.05, 4.69) is 22.1 Å². The number of aromatic amines is 1. The first-order valence-electron chi connectivity index (χ1n) is 6.95. The van der Waals surface area contributed by atoms with Gasteiger partial charge in [0, 0.05) is 26.2 Å². The van der Waals surface area contributed by atoms with E-state index in [0.717, 1.165) is 43.6 Å². The van der Waals surface area contributed by atoms with Crippen LogP contribution >= 0.6 is 0 Å². The molecule has 0 saturated carbocycles. The van der Waals surface area contributed by atoms with Crippen molar-refractivity contribution >= 4 is 11.0 Å².